The molecule has 10 heavy (non-hydrogen) atoms. The fourth-order valence-corrected chi connectivity index (χ4v) is 0.594. The summed E-state index contributed by atoms with van der Waals surface area (Å²) in [6, 6.07) is -0.555. The molecule has 0 saturated heterocycles. The summed E-state index contributed by atoms with van der Waals surface area (Å²) in [6.07, 6.45) is 0. The fraction of sp³-hybridized carbons (Fsp3) is 0.833. The van der Waals surface area contributed by atoms with Crippen molar-refractivity contribution in [2.24, 2.45) is 5.73 Å². The summed E-state index contributed by atoms with van der Waals surface area (Å²) in [6.45, 7) is 3.60. The largest absolute Gasteiger partial charge is 0.358 e. The first-order valence-electron chi connectivity index (χ1n) is 3.09. The van der Waals surface area contributed by atoms with Crippen LogP contribution in [0.3, 0.4) is 0 Å². The summed E-state index contributed by atoms with van der Waals surface area (Å²) >= 11 is 4.16. The molecule has 0 radical (unpaired) electrons. The van der Waals surface area contributed by atoms with E-state index in [4.69, 9.17) is 5.73 Å². The zero-order chi connectivity index (χ0) is 8.36. The van der Waals surface area contributed by atoms with Gasteiger partial charge in [0.1, 0.15) is 0 Å². The third-order valence-electron chi connectivity index (χ3n) is 1.29. The highest BCUT2D eigenvalue weighted by Gasteiger charge is 2.27. The van der Waals surface area contributed by atoms with Crippen molar-refractivity contribution in [2.75, 3.05) is 7.05 Å². The van der Waals surface area contributed by atoms with Gasteiger partial charge in [-0.15, -0.1) is 0 Å². The maximum absolute atomic E-state index is 10.9. The number of hydrogen-bond donors (Lipinski definition) is 3. The van der Waals surface area contributed by atoms with Crippen molar-refractivity contribution < 1.29 is 4.79 Å². The zero-order valence-electron chi connectivity index (χ0n) is 6.51. The third-order valence-corrected chi connectivity index (χ3v) is 1.57. The molecule has 4 heteroatoms. The molecule has 0 aromatic heterocycles. The first-order chi connectivity index (χ1) is 4.39. The Kier molecular flexibility index (Phi) is 3.18. The average Bonchev–Trinajstić information content (AvgIpc) is 1.83. The maximum Gasteiger partial charge on any atom is 0.238 e. The Bertz CT molecular complexity index is 130. The number of amides is 1. The zero-order valence-corrected chi connectivity index (χ0v) is 7.40. The predicted octanol–water partition coefficient (Wildman–Crippen LogP) is -0.232. The van der Waals surface area contributed by atoms with Gasteiger partial charge in [-0.2, -0.15) is 12.6 Å². The molecule has 0 unspecified atom stereocenters. The summed E-state index contributed by atoms with van der Waals surface area (Å²) in [4.78, 5) is 10.9. The van der Waals surface area contributed by atoms with Crippen molar-refractivity contribution in [1.82, 2.24) is 5.32 Å². The van der Waals surface area contributed by atoms with Crippen LogP contribution in [0.25, 0.3) is 0 Å². The lowest BCUT2D eigenvalue weighted by atomic mass is 10.0. The number of carbonyl (C=O) groups is 1. The Morgan fingerprint density at radius 1 is 1.70 bits per heavy atom. The first-order valence-corrected chi connectivity index (χ1v) is 3.54. The minimum absolute atomic E-state index is 0.181. The third kappa shape index (κ3) is 2.58. The van der Waals surface area contributed by atoms with Gasteiger partial charge in [-0.25, -0.2) is 0 Å². The molecule has 60 valence electrons. The van der Waals surface area contributed by atoms with Crippen molar-refractivity contribution in [3.63, 3.8) is 0 Å². The Hall–Kier alpha value is -0.220. The van der Waals surface area contributed by atoms with Gasteiger partial charge in [0, 0.05) is 11.8 Å². The molecule has 1 amide bonds. The van der Waals surface area contributed by atoms with E-state index in [2.05, 4.69) is 17.9 Å². The van der Waals surface area contributed by atoms with Gasteiger partial charge >= 0.3 is 0 Å². The lowest BCUT2D eigenvalue weighted by Gasteiger charge is -2.23. The van der Waals surface area contributed by atoms with Crippen molar-refractivity contribution in [3.8, 4) is 0 Å². The molecule has 0 saturated carbocycles. The number of thiol groups is 1. The topological polar surface area (TPSA) is 55.1 Å². The number of hydrogen-bond acceptors (Lipinski definition) is 3. The van der Waals surface area contributed by atoms with E-state index in [0.29, 0.717) is 0 Å². The number of nitrogens with one attached hydrogen (secondary N) is 1. The van der Waals surface area contributed by atoms with Gasteiger partial charge in [-0.1, -0.05) is 0 Å². The second-order valence-corrected chi connectivity index (χ2v) is 3.90. The van der Waals surface area contributed by atoms with Crippen molar-refractivity contribution in [1.29, 1.82) is 0 Å². The number of rotatable bonds is 2. The van der Waals surface area contributed by atoms with Crippen LogP contribution in [-0.2, 0) is 4.79 Å². The van der Waals surface area contributed by atoms with E-state index in [1.54, 1.807) is 20.9 Å². The standard InChI is InChI=1S/C6H14N2OS/c1-6(2,10)4(7)5(9)8-3/h4,10H,7H2,1-3H3,(H,8,9)/t4-/m1/s1. The summed E-state index contributed by atoms with van der Waals surface area (Å²) in [5.74, 6) is -0.181. The van der Waals surface area contributed by atoms with Crippen LogP contribution < -0.4 is 11.1 Å². The Morgan fingerprint density at radius 2 is 2.10 bits per heavy atom. The number of carbonyl (C=O) groups excluding carboxylic acids is 1. The molecular weight excluding hydrogens is 148 g/mol. The highest BCUT2D eigenvalue weighted by Crippen LogP contribution is 2.15. The van der Waals surface area contributed by atoms with Gasteiger partial charge in [0.15, 0.2) is 0 Å². The van der Waals surface area contributed by atoms with Crippen LogP contribution in [0.1, 0.15) is 13.8 Å². The van der Waals surface area contributed by atoms with E-state index >= 15 is 0 Å². The molecule has 0 aromatic rings. The molecule has 0 aliphatic heterocycles. The average molecular weight is 162 g/mol. The second-order valence-electron chi connectivity index (χ2n) is 2.75. The van der Waals surface area contributed by atoms with Crippen LogP contribution in [-0.4, -0.2) is 23.7 Å². The molecule has 0 aromatic carbocycles. The van der Waals surface area contributed by atoms with E-state index in [-0.39, 0.29) is 5.91 Å². The molecule has 0 fully saturated rings. The number of nitrogens with two attached hydrogens (primary N) is 1. The Balaban J connectivity index is 4.08. The summed E-state index contributed by atoms with van der Waals surface area (Å²) in [7, 11) is 1.56. The van der Waals surface area contributed by atoms with Gasteiger partial charge in [-0.3, -0.25) is 4.79 Å². The smallest absolute Gasteiger partial charge is 0.238 e. The van der Waals surface area contributed by atoms with Crippen molar-refractivity contribution >= 4 is 18.5 Å². The van der Waals surface area contributed by atoms with E-state index in [1.165, 1.54) is 0 Å². The van der Waals surface area contributed by atoms with Gasteiger partial charge < -0.3 is 11.1 Å². The van der Waals surface area contributed by atoms with Crippen LogP contribution in [0.15, 0.2) is 0 Å². The molecule has 1 atom stereocenters. The normalized spacial score (nSPS) is 14.5. The van der Waals surface area contributed by atoms with E-state index in [0.717, 1.165) is 0 Å². The quantitative estimate of drug-likeness (QED) is 0.491. The Morgan fingerprint density at radius 3 is 2.20 bits per heavy atom. The van der Waals surface area contributed by atoms with Crippen LogP contribution in [0.2, 0.25) is 0 Å². The summed E-state index contributed by atoms with van der Waals surface area (Å²) < 4.78 is -0.458. The van der Waals surface area contributed by atoms with E-state index < -0.39 is 10.8 Å². The summed E-state index contributed by atoms with van der Waals surface area (Å²) in [5.41, 5.74) is 5.52. The maximum atomic E-state index is 10.9. The molecule has 0 rings (SSSR count). The van der Waals surface area contributed by atoms with Crippen LogP contribution in [0, 0.1) is 0 Å². The highest BCUT2D eigenvalue weighted by molar-refractivity contribution is 7.81. The Labute approximate surface area is 66.8 Å². The molecule has 0 bridgehead atoms. The molecule has 0 heterocycles. The molecule has 3 nitrogen and oxygen atoms in total. The number of likely N-dealkylation sites (N-methyl/N-ethyl adjacent to an activating group) is 1. The first kappa shape index (κ1) is 9.78. The predicted molar refractivity (Wildman–Crippen MR) is 45.1 cm³/mol. The molecular formula is C6H14N2OS. The van der Waals surface area contributed by atoms with Crippen LogP contribution in [0.4, 0.5) is 0 Å². The second kappa shape index (κ2) is 3.25. The fourth-order valence-electron chi connectivity index (χ4n) is 0.476. The monoisotopic (exact) mass is 162 g/mol. The highest BCUT2D eigenvalue weighted by atomic mass is 32.1. The van der Waals surface area contributed by atoms with Crippen LogP contribution >= 0.6 is 12.6 Å². The molecule has 0 spiro atoms. The van der Waals surface area contributed by atoms with E-state index in [1.807, 2.05) is 0 Å². The molecule has 0 aliphatic rings. The minimum atomic E-state index is -0.555. The van der Waals surface area contributed by atoms with E-state index in [9.17, 15) is 4.79 Å². The van der Waals surface area contributed by atoms with Crippen LogP contribution in [0.5, 0.6) is 0 Å². The van der Waals surface area contributed by atoms with Gasteiger partial charge in [0.25, 0.3) is 0 Å². The molecule has 3 N–H and O–H groups in total. The SMILES string of the molecule is CNC(=O)[C@@H](N)C(C)(C)S. The van der Waals surface area contributed by atoms with Gasteiger partial charge in [0.05, 0.1) is 6.04 Å². The molecule has 0 aliphatic carbocycles. The van der Waals surface area contributed by atoms with Gasteiger partial charge in [-0.05, 0) is 13.8 Å². The minimum Gasteiger partial charge on any atom is -0.358 e. The van der Waals surface area contributed by atoms with Gasteiger partial charge in [0.2, 0.25) is 5.91 Å². The summed E-state index contributed by atoms with van der Waals surface area (Å²) in [5, 5.41) is 2.46. The van der Waals surface area contributed by atoms with Crippen molar-refractivity contribution in [3.05, 3.63) is 0 Å². The lowest BCUT2D eigenvalue weighted by molar-refractivity contribution is -0.122. The van der Waals surface area contributed by atoms with Crippen molar-refractivity contribution in [2.45, 2.75) is 24.6 Å². The lowest BCUT2D eigenvalue weighted by Crippen LogP contribution is -2.49.